The molecule has 4 aromatic rings. The first-order chi connectivity index (χ1) is 15.1. The lowest BCUT2D eigenvalue weighted by molar-refractivity contribution is -0.131. The first-order valence-electron chi connectivity index (χ1n) is 10.5. The topological polar surface area (TPSA) is 53.4 Å². The predicted molar refractivity (Wildman–Crippen MR) is 126 cm³/mol. The van der Waals surface area contributed by atoms with Gasteiger partial charge in [0.2, 0.25) is 5.91 Å². The molecular formula is C26H26N2O2S. The second-order valence-electron chi connectivity index (χ2n) is 7.63. The number of hydrogen-bond acceptors (Lipinski definition) is 4. The van der Waals surface area contributed by atoms with Gasteiger partial charge in [-0.25, -0.2) is 4.98 Å². The minimum atomic E-state index is -0.0490. The summed E-state index contributed by atoms with van der Waals surface area (Å²) in [7, 11) is 0. The molecule has 0 spiro atoms. The molecule has 0 unspecified atom stereocenters. The fourth-order valence-corrected chi connectivity index (χ4v) is 4.89. The minimum Gasteiger partial charge on any atom is -0.395 e. The molecule has 0 saturated carbocycles. The van der Waals surface area contributed by atoms with Gasteiger partial charge in [-0.15, -0.1) is 11.3 Å². The molecule has 1 aromatic heterocycles. The number of hydrogen-bond donors (Lipinski definition) is 1. The summed E-state index contributed by atoms with van der Waals surface area (Å²) in [5.41, 5.74) is 3.22. The summed E-state index contributed by atoms with van der Waals surface area (Å²) in [6.45, 7) is 2.75. The molecule has 4 nitrogen and oxygen atoms in total. The predicted octanol–water partition coefficient (Wildman–Crippen LogP) is 4.76. The molecule has 5 heteroatoms. The van der Waals surface area contributed by atoms with E-state index < -0.39 is 0 Å². The van der Waals surface area contributed by atoms with E-state index in [4.69, 9.17) is 4.98 Å². The van der Waals surface area contributed by atoms with Gasteiger partial charge in [0.1, 0.15) is 0 Å². The summed E-state index contributed by atoms with van der Waals surface area (Å²) in [6, 6.07) is 24.6. The molecule has 3 aromatic carbocycles. The van der Waals surface area contributed by atoms with Crippen molar-refractivity contribution in [2.45, 2.75) is 26.3 Å². The van der Waals surface area contributed by atoms with Crippen LogP contribution in [0.5, 0.6) is 0 Å². The van der Waals surface area contributed by atoms with Crippen LogP contribution in [0.25, 0.3) is 10.8 Å². The van der Waals surface area contributed by atoms with Gasteiger partial charge in [0.05, 0.1) is 23.7 Å². The van der Waals surface area contributed by atoms with Crippen LogP contribution in [0.2, 0.25) is 0 Å². The van der Waals surface area contributed by atoms with Gasteiger partial charge in [-0.1, -0.05) is 72.8 Å². The highest BCUT2D eigenvalue weighted by Crippen LogP contribution is 2.26. The van der Waals surface area contributed by atoms with Crippen molar-refractivity contribution in [3.8, 4) is 0 Å². The van der Waals surface area contributed by atoms with E-state index in [0.29, 0.717) is 19.5 Å². The highest BCUT2D eigenvalue weighted by atomic mass is 32.1. The normalized spacial score (nSPS) is 11.0. The average molecular weight is 431 g/mol. The second kappa shape index (κ2) is 9.86. The number of carbonyl (C=O) groups excluding carboxylic acids is 1. The zero-order valence-electron chi connectivity index (χ0n) is 17.6. The van der Waals surface area contributed by atoms with E-state index in [1.165, 1.54) is 16.3 Å². The van der Waals surface area contributed by atoms with Gasteiger partial charge in [0.25, 0.3) is 0 Å². The largest absolute Gasteiger partial charge is 0.395 e. The molecule has 0 aliphatic heterocycles. The van der Waals surface area contributed by atoms with Crippen molar-refractivity contribution in [3.05, 3.63) is 99.5 Å². The Labute approximate surface area is 186 Å². The second-order valence-corrected chi connectivity index (χ2v) is 8.80. The number of aromatic nitrogens is 1. The van der Waals surface area contributed by atoms with Gasteiger partial charge in [-0.3, -0.25) is 4.79 Å². The van der Waals surface area contributed by atoms with Crippen LogP contribution in [0.3, 0.4) is 0 Å². The third-order valence-corrected chi connectivity index (χ3v) is 6.57. The summed E-state index contributed by atoms with van der Waals surface area (Å²) in [4.78, 5) is 20.5. The van der Waals surface area contributed by atoms with E-state index in [1.807, 2.05) is 37.3 Å². The van der Waals surface area contributed by atoms with Gasteiger partial charge < -0.3 is 10.0 Å². The molecule has 1 heterocycles. The van der Waals surface area contributed by atoms with Crippen LogP contribution in [0.1, 0.15) is 26.7 Å². The fraction of sp³-hybridized carbons (Fsp3) is 0.231. The van der Waals surface area contributed by atoms with Gasteiger partial charge in [-0.2, -0.15) is 0 Å². The molecule has 1 N–H and O–H groups in total. The standard InChI is InChI=1S/C26H26N2O2S/c1-19-24(17-26(30)28(14-15-29)18-20-8-3-2-4-9-20)31-25(27-19)16-22-12-7-11-21-10-5-6-13-23(21)22/h2-13,29H,14-18H2,1H3. The Kier molecular flexibility index (Phi) is 6.75. The summed E-state index contributed by atoms with van der Waals surface area (Å²) in [5, 5.41) is 12.9. The van der Waals surface area contributed by atoms with Gasteiger partial charge in [0.15, 0.2) is 0 Å². The number of nitrogens with zero attached hydrogens (tertiary/aromatic N) is 2. The van der Waals surface area contributed by atoms with Crippen molar-refractivity contribution in [1.82, 2.24) is 9.88 Å². The molecule has 0 saturated heterocycles. The van der Waals surface area contributed by atoms with Gasteiger partial charge in [0, 0.05) is 24.4 Å². The van der Waals surface area contributed by atoms with Crippen LogP contribution in [0.15, 0.2) is 72.8 Å². The maximum absolute atomic E-state index is 13.0. The van der Waals surface area contributed by atoms with Crippen LogP contribution in [-0.2, 0) is 24.2 Å². The minimum absolute atomic E-state index is 0.0152. The van der Waals surface area contributed by atoms with Crippen molar-refractivity contribution in [3.63, 3.8) is 0 Å². The number of rotatable bonds is 8. The Morgan fingerprint density at radius 1 is 1.00 bits per heavy atom. The lowest BCUT2D eigenvalue weighted by Crippen LogP contribution is -2.34. The Morgan fingerprint density at radius 3 is 2.55 bits per heavy atom. The maximum Gasteiger partial charge on any atom is 0.228 e. The Hall–Kier alpha value is -3.02. The van der Waals surface area contributed by atoms with E-state index >= 15 is 0 Å². The Balaban J connectivity index is 1.49. The van der Waals surface area contributed by atoms with E-state index in [-0.39, 0.29) is 12.5 Å². The van der Waals surface area contributed by atoms with E-state index in [9.17, 15) is 9.90 Å². The molecule has 0 radical (unpaired) electrons. The highest BCUT2D eigenvalue weighted by molar-refractivity contribution is 7.11. The number of aliphatic hydroxyl groups is 1. The fourth-order valence-electron chi connectivity index (χ4n) is 3.80. The number of aryl methyl sites for hydroxylation is 1. The third kappa shape index (κ3) is 5.19. The maximum atomic E-state index is 13.0. The van der Waals surface area contributed by atoms with Crippen molar-refractivity contribution < 1.29 is 9.90 Å². The molecule has 0 aliphatic carbocycles. The molecule has 31 heavy (non-hydrogen) atoms. The molecule has 0 bridgehead atoms. The Bertz CT molecular complexity index is 1170. The smallest absolute Gasteiger partial charge is 0.228 e. The monoisotopic (exact) mass is 430 g/mol. The van der Waals surface area contributed by atoms with Crippen LogP contribution < -0.4 is 0 Å². The van der Waals surface area contributed by atoms with E-state index in [1.54, 1.807) is 16.2 Å². The van der Waals surface area contributed by atoms with Crippen LogP contribution in [-0.4, -0.2) is 34.0 Å². The van der Waals surface area contributed by atoms with E-state index in [0.717, 1.165) is 27.6 Å². The molecule has 0 fully saturated rings. The first kappa shape index (κ1) is 21.2. The quantitative estimate of drug-likeness (QED) is 0.439. The van der Waals surface area contributed by atoms with Crippen LogP contribution in [0, 0.1) is 6.92 Å². The molecule has 0 atom stereocenters. The van der Waals surface area contributed by atoms with Crippen molar-refractivity contribution in [1.29, 1.82) is 0 Å². The van der Waals surface area contributed by atoms with Crippen molar-refractivity contribution >= 4 is 28.0 Å². The van der Waals surface area contributed by atoms with Gasteiger partial charge >= 0.3 is 0 Å². The molecule has 158 valence electrons. The first-order valence-corrected chi connectivity index (χ1v) is 11.3. The number of carbonyl (C=O) groups is 1. The van der Waals surface area contributed by atoms with Crippen molar-refractivity contribution in [2.24, 2.45) is 0 Å². The van der Waals surface area contributed by atoms with E-state index in [2.05, 4.69) is 42.5 Å². The molecule has 4 rings (SSSR count). The summed E-state index contributed by atoms with van der Waals surface area (Å²) in [6.07, 6.45) is 1.07. The molecule has 0 aliphatic rings. The summed E-state index contributed by atoms with van der Waals surface area (Å²) < 4.78 is 0. The zero-order valence-corrected chi connectivity index (χ0v) is 18.4. The number of thiazole rings is 1. The Morgan fingerprint density at radius 2 is 1.74 bits per heavy atom. The molecule has 1 amide bonds. The highest BCUT2D eigenvalue weighted by Gasteiger charge is 2.18. The number of amides is 1. The lowest BCUT2D eigenvalue weighted by Gasteiger charge is -2.21. The van der Waals surface area contributed by atoms with Crippen molar-refractivity contribution in [2.75, 3.05) is 13.2 Å². The van der Waals surface area contributed by atoms with Crippen LogP contribution >= 0.6 is 11.3 Å². The summed E-state index contributed by atoms with van der Waals surface area (Å²) in [5.74, 6) is 0.0152. The average Bonchev–Trinajstić information content (AvgIpc) is 3.13. The van der Waals surface area contributed by atoms with Gasteiger partial charge in [-0.05, 0) is 28.8 Å². The number of fused-ring (bicyclic) bond motifs is 1. The van der Waals surface area contributed by atoms with Crippen LogP contribution in [0.4, 0.5) is 0 Å². The summed E-state index contributed by atoms with van der Waals surface area (Å²) >= 11 is 1.61. The number of benzene rings is 3. The zero-order chi connectivity index (χ0) is 21.6. The lowest BCUT2D eigenvalue weighted by atomic mass is 10.0. The molecular weight excluding hydrogens is 404 g/mol. The number of aliphatic hydroxyl groups excluding tert-OH is 1. The SMILES string of the molecule is Cc1nc(Cc2cccc3ccccc23)sc1CC(=O)N(CCO)Cc1ccccc1. The third-order valence-electron chi connectivity index (χ3n) is 5.41.